The molecule has 30 heavy (non-hydrogen) atoms. The molecule has 0 spiro atoms. The van der Waals surface area contributed by atoms with E-state index in [0.29, 0.717) is 17.8 Å². The van der Waals surface area contributed by atoms with E-state index < -0.39 is 0 Å². The second kappa shape index (κ2) is 9.09. The Labute approximate surface area is 176 Å². The molecule has 2 aromatic rings. The number of imide groups is 1. The summed E-state index contributed by atoms with van der Waals surface area (Å²) in [5.41, 5.74) is 2.30. The van der Waals surface area contributed by atoms with Crippen molar-refractivity contribution in [3.05, 3.63) is 60.2 Å². The first kappa shape index (κ1) is 20.1. The van der Waals surface area contributed by atoms with Crippen LogP contribution in [0.25, 0.3) is 0 Å². The minimum absolute atomic E-state index is 0.149. The van der Waals surface area contributed by atoms with E-state index in [9.17, 15) is 14.4 Å². The summed E-state index contributed by atoms with van der Waals surface area (Å²) in [6.07, 6.45) is 0.501. The normalized spacial score (nSPS) is 17.5. The number of piperazine rings is 1. The smallest absolute Gasteiger partial charge is 0.251 e. The van der Waals surface area contributed by atoms with Gasteiger partial charge in [-0.05, 0) is 36.4 Å². The van der Waals surface area contributed by atoms with E-state index >= 15 is 0 Å². The lowest BCUT2D eigenvalue weighted by Gasteiger charge is -2.36. The van der Waals surface area contributed by atoms with Gasteiger partial charge in [-0.25, -0.2) is 0 Å². The number of carbonyl (C=O) groups excluding carboxylic acids is 3. The fourth-order valence-corrected chi connectivity index (χ4v) is 3.92. The molecule has 0 atom stereocenters. The minimum atomic E-state index is -0.190. The third-order valence-corrected chi connectivity index (χ3v) is 5.65. The number of nitrogens with zero attached hydrogens (tertiary/aromatic N) is 3. The zero-order chi connectivity index (χ0) is 20.9. The van der Waals surface area contributed by atoms with E-state index in [2.05, 4.69) is 39.4 Å². The lowest BCUT2D eigenvalue weighted by atomic mass is 10.2. The summed E-state index contributed by atoms with van der Waals surface area (Å²) in [6, 6.07) is 17.0. The number of carbonyl (C=O) groups is 3. The predicted octanol–water partition coefficient (Wildman–Crippen LogP) is 1.89. The molecule has 0 unspecified atom stereocenters. The van der Waals surface area contributed by atoms with Gasteiger partial charge in [-0.2, -0.15) is 0 Å². The average molecular weight is 406 g/mol. The molecule has 7 heteroatoms. The Morgan fingerprint density at radius 2 is 1.43 bits per heavy atom. The Morgan fingerprint density at radius 3 is 2.07 bits per heavy atom. The van der Waals surface area contributed by atoms with Crippen molar-refractivity contribution in [2.75, 3.05) is 49.1 Å². The lowest BCUT2D eigenvalue weighted by molar-refractivity contribution is -0.121. The van der Waals surface area contributed by atoms with E-state index in [1.165, 1.54) is 10.6 Å². The molecule has 2 fully saturated rings. The molecule has 0 bridgehead atoms. The third kappa shape index (κ3) is 4.52. The largest absolute Gasteiger partial charge is 0.369 e. The molecule has 0 radical (unpaired) electrons. The summed E-state index contributed by atoms with van der Waals surface area (Å²) in [5, 5.41) is 2.95. The van der Waals surface area contributed by atoms with Crippen LogP contribution in [0.4, 0.5) is 11.4 Å². The highest BCUT2D eigenvalue weighted by Gasteiger charge is 2.30. The molecule has 0 saturated carbocycles. The van der Waals surface area contributed by atoms with Gasteiger partial charge in [0, 0.05) is 63.4 Å². The van der Waals surface area contributed by atoms with Crippen molar-refractivity contribution >= 4 is 29.1 Å². The number of amides is 3. The number of nitrogens with one attached hydrogen (secondary N) is 1. The van der Waals surface area contributed by atoms with Gasteiger partial charge in [0.25, 0.3) is 5.91 Å². The monoisotopic (exact) mass is 406 g/mol. The molecule has 2 aromatic carbocycles. The zero-order valence-electron chi connectivity index (χ0n) is 16.9. The molecule has 0 aromatic heterocycles. The van der Waals surface area contributed by atoms with Gasteiger partial charge in [-0.3, -0.25) is 24.2 Å². The minimum Gasteiger partial charge on any atom is -0.369 e. The number of benzene rings is 2. The maximum atomic E-state index is 12.4. The maximum absolute atomic E-state index is 12.4. The van der Waals surface area contributed by atoms with Gasteiger partial charge in [-0.15, -0.1) is 0 Å². The first-order chi connectivity index (χ1) is 14.6. The Balaban J connectivity index is 1.22. The quantitative estimate of drug-likeness (QED) is 0.742. The molecular weight excluding hydrogens is 380 g/mol. The number of hydrogen-bond acceptors (Lipinski definition) is 5. The van der Waals surface area contributed by atoms with Crippen LogP contribution in [0, 0.1) is 0 Å². The molecule has 7 nitrogen and oxygen atoms in total. The van der Waals surface area contributed by atoms with E-state index in [1.54, 1.807) is 24.3 Å². The second-order valence-corrected chi connectivity index (χ2v) is 7.59. The zero-order valence-corrected chi connectivity index (χ0v) is 16.9. The molecule has 2 aliphatic rings. The maximum Gasteiger partial charge on any atom is 0.251 e. The van der Waals surface area contributed by atoms with Gasteiger partial charge in [0.2, 0.25) is 11.8 Å². The molecule has 2 heterocycles. The number of para-hydroxylation sites is 1. The van der Waals surface area contributed by atoms with Gasteiger partial charge in [0.15, 0.2) is 0 Å². The first-order valence-corrected chi connectivity index (χ1v) is 10.4. The lowest BCUT2D eigenvalue weighted by Crippen LogP contribution is -2.48. The molecule has 156 valence electrons. The van der Waals surface area contributed by atoms with Gasteiger partial charge in [-0.1, -0.05) is 18.2 Å². The number of anilines is 2. The summed E-state index contributed by atoms with van der Waals surface area (Å²) in [4.78, 5) is 42.0. The van der Waals surface area contributed by atoms with Crippen LogP contribution >= 0.6 is 0 Å². The van der Waals surface area contributed by atoms with E-state index in [0.717, 1.165) is 32.7 Å². The van der Waals surface area contributed by atoms with Gasteiger partial charge >= 0.3 is 0 Å². The van der Waals surface area contributed by atoms with Crippen LogP contribution in [0.3, 0.4) is 0 Å². The summed E-state index contributed by atoms with van der Waals surface area (Å²) in [7, 11) is 0. The predicted molar refractivity (Wildman–Crippen MR) is 116 cm³/mol. The van der Waals surface area contributed by atoms with Crippen molar-refractivity contribution in [2.45, 2.75) is 12.8 Å². The van der Waals surface area contributed by atoms with Gasteiger partial charge in [0.1, 0.15) is 0 Å². The molecule has 1 N–H and O–H groups in total. The first-order valence-electron chi connectivity index (χ1n) is 10.4. The molecule has 2 saturated heterocycles. The van der Waals surface area contributed by atoms with Gasteiger partial charge < -0.3 is 10.2 Å². The fourth-order valence-electron chi connectivity index (χ4n) is 3.92. The fraction of sp³-hybridized carbons (Fsp3) is 0.348. The van der Waals surface area contributed by atoms with Crippen molar-refractivity contribution in [1.29, 1.82) is 0 Å². The van der Waals surface area contributed by atoms with Crippen molar-refractivity contribution in [3.63, 3.8) is 0 Å². The van der Waals surface area contributed by atoms with E-state index in [-0.39, 0.29) is 30.6 Å². The topological polar surface area (TPSA) is 73.0 Å². The molecule has 2 aliphatic heterocycles. The highest BCUT2D eigenvalue weighted by Crippen LogP contribution is 2.22. The van der Waals surface area contributed by atoms with Crippen LogP contribution in [-0.2, 0) is 9.59 Å². The van der Waals surface area contributed by atoms with Crippen LogP contribution in [0.5, 0.6) is 0 Å². The van der Waals surface area contributed by atoms with Crippen LogP contribution in [0.15, 0.2) is 54.6 Å². The molecule has 4 rings (SSSR count). The van der Waals surface area contributed by atoms with E-state index in [4.69, 9.17) is 0 Å². The molecule has 0 aliphatic carbocycles. The van der Waals surface area contributed by atoms with Crippen molar-refractivity contribution in [2.24, 2.45) is 0 Å². The number of rotatable bonds is 6. The Kier molecular flexibility index (Phi) is 6.09. The third-order valence-electron chi connectivity index (χ3n) is 5.65. The highest BCUT2D eigenvalue weighted by atomic mass is 16.2. The van der Waals surface area contributed by atoms with E-state index in [1.807, 2.05) is 6.07 Å². The average Bonchev–Trinajstić information content (AvgIpc) is 3.13. The highest BCUT2D eigenvalue weighted by molar-refractivity contribution is 6.19. The van der Waals surface area contributed by atoms with Crippen LogP contribution < -0.4 is 15.1 Å². The molecular formula is C23H26N4O3. The Hall–Kier alpha value is -3.19. The summed E-state index contributed by atoms with van der Waals surface area (Å²) >= 11 is 0. The summed E-state index contributed by atoms with van der Waals surface area (Å²) in [5.74, 6) is -0.530. The Morgan fingerprint density at radius 1 is 0.800 bits per heavy atom. The number of hydrogen-bond donors (Lipinski definition) is 1. The van der Waals surface area contributed by atoms with Crippen molar-refractivity contribution in [3.8, 4) is 0 Å². The second-order valence-electron chi connectivity index (χ2n) is 7.59. The van der Waals surface area contributed by atoms with Gasteiger partial charge in [0.05, 0.1) is 5.69 Å². The van der Waals surface area contributed by atoms with Crippen molar-refractivity contribution in [1.82, 2.24) is 10.2 Å². The van der Waals surface area contributed by atoms with Crippen LogP contribution in [0.1, 0.15) is 23.2 Å². The van der Waals surface area contributed by atoms with Crippen molar-refractivity contribution < 1.29 is 14.4 Å². The summed E-state index contributed by atoms with van der Waals surface area (Å²) < 4.78 is 0. The Bertz CT molecular complexity index is 890. The van der Waals surface area contributed by atoms with Crippen LogP contribution in [-0.4, -0.2) is 61.9 Å². The summed E-state index contributed by atoms with van der Waals surface area (Å²) in [6.45, 7) is 5.29. The standard InChI is InChI=1S/C23H26N4O3/c28-21-10-11-22(29)27(21)20-8-6-18(7-9-20)23(30)24-12-13-25-14-16-26(17-15-25)19-4-2-1-3-5-19/h1-9H,10-17H2,(H,24,30). The SMILES string of the molecule is O=C(NCCN1CCN(c2ccccc2)CC1)c1ccc(N2C(=O)CCC2=O)cc1. The molecule has 3 amide bonds. The van der Waals surface area contributed by atoms with Crippen LogP contribution in [0.2, 0.25) is 0 Å².